The Bertz CT molecular complexity index is 669. The maximum atomic E-state index is 12.3. The maximum absolute atomic E-state index is 12.3. The number of sulfonamides is 1. The van der Waals surface area contributed by atoms with Gasteiger partial charge in [-0.25, -0.2) is 13.1 Å². The quantitative estimate of drug-likeness (QED) is 0.782. The molecule has 0 aromatic carbocycles. The number of nitrogens with zero attached hydrogens (tertiary/aromatic N) is 3. The van der Waals surface area contributed by atoms with Gasteiger partial charge in [-0.2, -0.15) is 5.10 Å². The minimum Gasteiger partial charge on any atom is -0.330 e. The summed E-state index contributed by atoms with van der Waals surface area (Å²) in [6, 6.07) is 3.23. The van der Waals surface area contributed by atoms with Crippen molar-refractivity contribution in [3.8, 4) is 0 Å². The molecule has 0 aliphatic rings. The first-order valence-corrected chi connectivity index (χ1v) is 8.16. The molecule has 114 valence electrons. The first-order chi connectivity index (χ1) is 10.0. The molecule has 0 saturated heterocycles. The van der Waals surface area contributed by atoms with Gasteiger partial charge in [-0.1, -0.05) is 6.07 Å². The second-order valence-electron chi connectivity index (χ2n) is 4.71. The van der Waals surface area contributed by atoms with E-state index in [1.165, 1.54) is 12.4 Å². The fraction of sp³-hybridized carbons (Fsp3) is 0.385. The average Bonchev–Trinajstić information content (AvgIpc) is 2.95. The molecule has 0 radical (unpaired) electrons. The molecule has 2 aromatic heterocycles. The molecule has 0 fully saturated rings. The lowest BCUT2D eigenvalue weighted by Crippen LogP contribution is -2.26. The Morgan fingerprint density at radius 3 is 2.90 bits per heavy atom. The first-order valence-electron chi connectivity index (χ1n) is 6.67. The summed E-state index contributed by atoms with van der Waals surface area (Å²) >= 11 is 0. The molecule has 0 saturated carbocycles. The third-order valence-corrected chi connectivity index (χ3v) is 4.52. The maximum Gasteiger partial charge on any atom is 0.244 e. The van der Waals surface area contributed by atoms with Crippen molar-refractivity contribution in [1.82, 2.24) is 19.5 Å². The zero-order valence-corrected chi connectivity index (χ0v) is 12.6. The van der Waals surface area contributed by atoms with Crippen molar-refractivity contribution in [1.29, 1.82) is 0 Å². The van der Waals surface area contributed by atoms with Crippen LogP contribution in [0.2, 0.25) is 0 Å². The monoisotopic (exact) mass is 309 g/mol. The van der Waals surface area contributed by atoms with Gasteiger partial charge < -0.3 is 5.73 Å². The third-order valence-electron chi connectivity index (χ3n) is 3.03. The summed E-state index contributed by atoms with van der Waals surface area (Å²) < 4.78 is 28.8. The highest BCUT2D eigenvalue weighted by molar-refractivity contribution is 7.89. The minimum absolute atomic E-state index is 0.148. The van der Waals surface area contributed by atoms with Gasteiger partial charge in [0.15, 0.2) is 0 Å². The van der Waals surface area contributed by atoms with E-state index in [9.17, 15) is 8.42 Å². The lowest BCUT2D eigenvalue weighted by molar-refractivity contribution is 0.564. The summed E-state index contributed by atoms with van der Waals surface area (Å²) in [6.07, 6.45) is 6.88. The molecule has 1 unspecified atom stereocenters. The van der Waals surface area contributed by atoms with Crippen LogP contribution >= 0.6 is 0 Å². The Morgan fingerprint density at radius 1 is 1.43 bits per heavy atom. The van der Waals surface area contributed by atoms with Gasteiger partial charge in [-0.05, 0) is 31.5 Å². The van der Waals surface area contributed by atoms with E-state index in [0.717, 1.165) is 12.0 Å². The van der Waals surface area contributed by atoms with E-state index in [1.807, 2.05) is 6.07 Å². The molecule has 21 heavy (non-hydrogen) atoms. The summed E-state index contributed by atoms with van der Waals surface area (Å²) in [5.41, 5.74) is 6.22. The molecule has 0 bridgehead atoms. The number of aryl methyl sites for hydroxylation is 1. The number of nitrogens with one attached hydrogen (secondary N) is 1. The molecule has 2 rings (SSSR count). The van der Waals surface area contributed by atoms with Crippen LogP contribution in [0.15, 0.2) is 41.8 Å². The smallest absolute Gasteiger partial charge is 0.244 e. The molecule has 0 aliphatic heterocycles. The summed E-state index contributed by atoms with van der Waals surface area (Å²) in [6.45, 7) is 2.91. The van der Waals surface area contributed by atoms with Crippen molar-refractivity contribution in [2.45, 2.75) is 30.8 Å². The van der Waals surface area contributed by atoms with E-state index in [-0.39, 0.29) is 10.9 Å². The molecular weight excluding hydrogens is 290 g/mol. The molecule has 1 atom stereocenters. The summed E-state index contributed by atoms with van der Waals surface area (Å²) in [4.78, 5) is 4.13. The lowest BCUT2D eigenvalue weighted by Gasteiger charge is -2.13. The molecule has 2 heterocycles. The van der Waals surface area contributed by atoms with Crippen LogP contribution in [0.5, 0.6) is 0 Å². The Morgan fingerprint density at radius 2 is 2.24 bits per heavy atom. The van der Waals surface area contributed by atoms with Gasteiger partial charge in [-0.3, -0.25) is 9.67 Å². The van der Waals surface area contributed by atoms with Crippen LogP contribution in [0.25, 0.3) is 0 Å². The van der Waals surface area contributed by atoms with E-state index in [4.69, 9.17) is 5.73 Å². The SMILES string of the molecule is CC(NS(=O)(=O)c1cnn(CCCN)c1)c1cccnc1. The molecule has 7 nitrogen and oxygen atoms in total. The van der Waals surface area contributed by atoms with Gasteiger partial charge in [-0.15, -0.1) is 0 Å². The molecule has 3 N–H and O–H groups in total. The van der Waals surface area contributed by atoms with Gasteiger partial charge >= 0.3 is 0 Å². The van der Waals surface area contributed by atoms with Crippen LogP contribution in [-0.2, 0) is 16.6 Å². The van der Waals surface area contributed by atoms with Crippen LogP contribution in [0.4, 0.5) is 0 Å². The molecule has 0 aliphatic carbocycles. The van der Waals surface area contributed by atoms with Crippen molar-refractivity contribution in [3.05, 3.63) is 42.5 Å². The third kappa shape index (κ3) is 4.10. The van der Waals surface area contributed by atoms with Crippen LogP contribution in [0, 0.1) is 0 Å². The summed E-state index contributed by atoms with van der Waals surface area (Å²) in [7, 11) is -3.60. The molecule has 8 heteroatoms. The Balaban J connectivity index is 2.09. The zero-order chi connectivity index (χ0) is 15.3. The highest BCUT2D eigenvalue weighted by atomic mass is 32.2. The average molecular weight is 309 g/mol. The number of rotatable bonds is 7. The molecule has 0 amide bonds. The highest BCUT2D eigenvalue weighted by Gasteiger charge is 2.20. The van der Waals surface area contributed by atoms with Crippen LogP contribution in [0.3, 0.4) is 0 Å². The summed E-state index contributed by atoms with van der Waals surface area (Å²) in [5, 5.41) is 4.03. The van der Waals surface area contributed by atoms with E-state index in [2.05, 4.69) is 14.8 Å². The summed E-state index contributed by atoms with van der Waals surface area (Å²) in [5.74, 6) is 0. The van der Waals surface area contributed by atoms with Gasteiger partial charge in [0, 0.05) is 31.2 Å². The van der Waals surface area contributed by atoms with Crippen molar-refractivity contribution in [2.24, 2.45) is 5.73 Å². The van der Waals surface area contributed by atoms with E-state index >= 15 is 0 Å². The van der Waals surface area contributed by atoms with Crippen LogP contribution in [-0.4, -0.2) is 29.7 Å². The fourth-order valence-electron chi connectivity index (χ4n) is 1.86. The van der Waals surface area contributed by atoms with E-state index in [1.54, 1.807) is 30.1 Å². The molecule has 2 aromatic rings. The zero-order valence-electron chi connectivity index (χ0n) is 11.8. The lowest BCUT2D eigenvalue weighted by atomic mass is 10.2. The molecular formula is C13H19N5O2S. The van der Waals surface area contributed by atoms with Crippen molar-refractivity contribution < 1.29 is 8.42 Å². The predicted molar refractivity (Wildman–Crippen MR) is 78.9 cm³/mol. The fourth-order valence-corrected chi connectivity index (χ4v) is 3.04. The van der Waals surface area contributed by atoms with E-state index in [0.29, 0.717) is 13.1 Å². The Labute approximate surface area is 124 Å². The second-order valence-corrected chi connectivity index (χ2v) is 6.42. The van der Waals surface area contributed by atoms with Crippen molar-refractivity contribution in [2.75, 3.05) is 6.54 Å². The van der Waals surface area contributed by atoms with Gasteiger partial charge in [0.1, 0.15) is 4.90 Å². The minimum atomic E-state index is -3.60. The van der Waals surface area contributed by atoms with Crippen molar-refractivity contribution >= 4 is 10.0 Å². The number of aromatic nitrogens is 3. The largest absolute Gasteiger partial charge is 0.330 e. The number of hydrogen-bond donors (Lipinski definition) is 2. The standard InChI is InChI=1S/C13H19N5O2S/c1-11(12-4-2-6-15-8-12)17-21(19,20)13-9-16-18(10-13)7-3-5-14/h2,4,6,8-11,17H,3,5,7,14H2,1H3. The second kappa shape index (κ2) is 6.79. The Hall–Kier alpha value is -1.77. The number of pyridine rings is 1. The van der Waals surface area contributed by atoms with Crippen LogP contribution < -0.4 is 10.5 Å². The van der Waals surface area contributed by atoms with E-state index < -0.39 is 10.0 Å². The predicted octanol–water partition coefficient (Wildman–Crippen LogP) is 0.666. The van der Waals surface area contributed by atoms with Gasteiger partial charge in [0.2, 0.25) is 10.0 Å². The Kier molecular flexibility index (Phi) is 5.05. The van der Waals surface area contributed by atoms with Gasteiger partial charge in [0.25, 0.3) is 0 Å². The topological polar surface area (TPSA) is 103 Å². The van der Waals surface area contributed by atoms with Crippen molar-refractivity contribution in [3.63, 3.8) is 0 Å². The van der Waals surface area contributed by atoms with Crippen LogP contribution in [0.1, 0.15) is 24.9 Å². The number of nitrogens with two attached hydrogens (primary N) is 1. The number of hydrogen-bond acceptors (Lipinski definition) is 5. The van der Waals surface area contributed by atoms with Gasteiger partial charge in [0.05, 0.1) is 6.20 Å². The normalized spacial score (nSPS) is 13.2. The highest BCUT2D eigenvalue weighted by Crippen LogP contribution is 2.15. The molecule has 0 spiro atoms. The first kappa shape index (κ1) is 15.6.